The van der Waals surface area contributed by atoms with Crippen LogP contribution in [0.15, 0.2) is 28.4 Å². The average Bonchev–Trinajstić information content (AvgIpc) is 3.19. The highest BCUT2D eigenvalue weighted by atomic mass is 32.1. The summed E-state index contributed by atoms with van der Waals surface area (Å²) in [7, 11) is 0. The molecule has 5 nitrogen and oxygen atoms in total. The standard InChI is InChI=1S/C14H17N3O2S/c15-6-10-1-3-17(7-10)13(18)5-12-9-20-14(16-12)11-2-4-19-8-11/h2,4,8-10H,1,3,5-7,15H2. The Morgan fingerprint density at radius 1 is 1.60 bits per heavy atom. The molecule has 1 unspecified atom stereocenters. The molecule has 2 aromatic heterocycles. The van der Waals surface area contributed by atoms with Crippen LogP contribution in [0.5, 0.6) is 0 Å². The van der Waals surface area contributed by atoms with E-state index in [1.165, 1.54) is 11.3 Å². The minimum atomic E-state index is 0.144. The summed E-state index contributed by atoms with van der Waals surface area (Å²) in [5.41, 5.74) is 7.43. The monoisotopic (exact) mass is 291 g/mol. The lowest BCUT2D eigenvalue weighted by Crippen LogP contribution is -2.31. The first-order chi connectivity index (χ1) is 9.76. The largest absolute Gasteiger partial charge is 0.472 e. The molecule has 2 aromatic rings. The van der Waals surface area contributed by atoms with E-state index in [4.69, 9.17) is 10.2 Å². The second-order valence-electron chi connectivity index (χ2n) is 5.06. The van der Waals surface area contributed by atoms with E-state index in [2.05, 4.69) is 4.98 Å². The van der Waals surface area contributed by atoms with Gasteiger partial charge in [0, 0.05) is 24.0 Å². The molecule has 0 spiro atoms. The van der Waals surface area contributed by atoms with Gasteiger partial charge >= 0.3 is 0 Å². The maximum absolute atomic E-state index is 12.2. The van der Waals surface area contributed by atoms with Gasteiger partial charge in [-0.25, -0.2) is 4.98 Å². The molecule has 1 atom stereocenters. The first kappa shape index (κ1) is 13.3. The summed E-state index contributed by atoms with van der Waals surface area (Å²) in [6.45, 7) is 2.26. The van der Waals surface area contributed by atoms with Crippen molar-refractivity contribution in [3.8, 4) is 10.6 Å². The summed E-state index contributed by atoms with van der Waals surface area (Å²) >= 11 is 1.54. The number of likely N-dealkylation sites (tertiary alicyclic amines) is 1. The Hall–Kier alpha value is -1.66. The third kappa shape index (κ3) is 2.76. The molecule has 1 aliphatic heterocycles. The van der Waals surface area contributed by atoms with Crippen LogP contribution in [0, 0.1) is 5.92 Å². The Kier molecular flexibility index (Phi) is 3.84. The zero-order valence-electron chi connectivity index (χ0n) is 11.1. The minimum Gasteiger partial charge on any atom is -0.472 e. The molecule has 6 heteroatoms. The number of amides is 1. The topological polar surface area (TPSA) is 72.4 Å². The lowest BCUT2D eigenvalue weighted by atomic mass is 10.1. The summed E-state index contributed by atoms with van der Waals surface area (Å²) in [5, 5.41) is 2.83. The second kappa shape index (κ2) is 5.76. The fourth-order valence-corrected chi connectivity index (χ4v) is 3.23. The number of aromatic nitrogens is 1. The highest BCUT2D eigenvalue weighted by Crippen LogP contribution is 2.24. The average molecular weight is 291 g/mol. The van der Waals surface area contributed by atoms with E-state index in [1.807, 2.05) is 16.3 Å². The van der Waals surface area contributed by atoms with E-state index in [-0.39, 0.29) is 5.91 Å². The van der Waals surface area contributed by atoms with Gasteiger partial charge in [0.2, 0.25) is 5.91 Å². The molecule has 106 valence electrons. The van der Waals surface area contributed by atoms with Crippen LogP contribution in [-0.4, -0.2) is 35.4 Å². The SMILES string of the molecule is NCC1CCN(C(=O)Cc2csc(-c3ccoc3)n2)C1. The van der Waals surface area contributed by atoms with Crippen molar-refractivity contribution in [1.82, 2.24) is 9.88 Å². The molecule has 0 aromatic carbocycles. The maximum atomic E-state index is 12.2. The molecule has 1 amide bonds. The summed E-state index contributed by atoms with van der Waals surface area (Å²) in [6.07, 6.45) is 4.67. The summed E-state index contributed by atoms with van der Waals surface area (Å²) in [4.78, 5) is 18.6. The molecular weight excluding hydrogens is 274 g/mol. The minimum absolute atomic E-state index is 0.144. The van der Waals surface area contributed by atoms with Crippen molar-refractivity contribution in [3.63, 3.8) is 0 Å². The molecule has 1 aliphatic rings. The van der Waals surface area contributed by atoms with Crippen LogP contribution in [0.3, 0.4) is 0 Å². The van der Waals surface area contributed by atoms with Gasteiger partial charge < -0.3 is 15.1 Å². The van der Waals surface area contributed by atoms with Gasteiger partial charge in [-0.1, -0.05) is 0 Å². The molecule has 1 fully saturated rings. The number of thiazole rings is 1. The molecule has 0 saturated carbocycles. The van der Waals surface area contributed by atoms with Crippen molar-refractivity contribution in [1.29, 1.82) is 0 Å². The van der Waals surface area contributed by atoms with Gasteiger partial charge in [-0.05, 0) is 24.9 Å². The van der Waals surface area contributed by atoms with Gasteiger partial charge in [-0.15, -0.1) is 11.3 Å². The quantitative estimate of drug-likeness (QED) is 0.931. The number of hydrogen-bond acceptors (Lipinski definition) is 5. The van der Waals surface area contributed by atoms with Crippen LogP contribution >= 0.6 is 11.3 Å². The Labute approximate surface area is 121 Å². The first-order valence-electron chi connectivity index (χ1n) is 6.71. The van der Waals surface area contributed by atoms with E-state index in [0.717, 1.165) is 35.8 Å². The molecule has 20 heavy (non-hydrogen) atoms. The van der Waals surface area contributed by atoms with Crippen LogP contribution in [0.2, 0.25) is 0 Å². The number of rotatable bonds is 4. The van der Waals surface area contributed by atoms with Crippen molar-refractivity contribution in [2.75, 3.05) is 19.6 Å². The fourth-order valence-electron chi connectivity index (χ4n) is 2.43. The number of nitrogens with two attached hydrogens (primary N) is 1. The van der Waals surface area contributed by atoms with Crippen molar-refractivity contribution < 1.29 is 9.21 Å². The van der Waals surface area contributed by atoms with Crippen molar-refractivity contribution in [2.45, 2.75) is 12.8 Å². The molecule has 3 rings (SSSR count). The van der Waals surface area contributed by atoms with E-state index in [1.54, 1.807) is 12.5 Å². The zero-order chi connectivity index (χ0) is 13.9. The van der Waals surface area contributed by atoms with E-state index in [9.17, 15) is 4.79 Å². The summed E-state index contributed by atoms with van der Waals surface area (Å²) in [6, 6.07) is 1.87. The normalized spacial score (nSPS) is 18.6. The van der Waals surface area contributed by atoms with Crippen molar-refractivity contribution >= 4 is 17.2 Å². The van der Waals surface area contributed by atoms with E-state index in [0.29, 0.717) is 18.9 Å². The summed E-state index contributed by atoms with van der Waals surface area (Å²) in [5.74, 6) is 0.598. The Morgan fingerprint density at radius 2 is 2.50 bits per heavy atom. The number of furan rings is 1. The van der Waals surface area contributed by atoms with Crippen molar-refractivity contribution in [2.24, 2.45) is 11.7 Å². The van der Waals surface area contributed by atoms with Crippen molar-refractivity contribution in [3.05, 3.63) is 29.7 Å². The third-order valence-electron chi connectivity index (χ3n) is 3.62. The molecule has 1 saturated heterocycles. The number of carbonyl (C=O) groups is 1. The van der Waals surface area contributed by atoms with Crippen LogP contribution in [0.4, 0.5) is 0 Å². The van der Waals surface area contributed by atoms with Gasteiger partial charge in [0.05, 0.1) is 18.4 Å². The maximum Gasteiger partial charge on any atom is 0.228 e. The Morgan fingerprint density at radius 3 is 3.20 bits per heavy atom. The van der Waals surface area contributed by atoms with Crippen LogP contribution in [0.1, 0.15) is 12.1 Å². The van der Waals surface area contributed by atoms with E-state index >= 15 is 0 Å². The van der Waals surface area contributed by atoms with Gasteiger partial charge in [-0.2, -0.15) is 0 Å². The predicted molar refractivity (Wildman–Crippen MR) is 77.3 cm³/mol. The number of carbonyl (C=O) groups excluding carboxylic acids is 1. The van der Waals surface area contributed by atoms with Crippen LogP contribution < -0.4 is 5.73 Å². The molecular formula is C14H17N3O2S. The number of nitrogens with zero attached hydrogens (tertiary/aromatic N) is 2. The van der Waals surface area contributed by atoms with E-state index < -0.39 is 0 Å². The molecule has 2 N–H and O–H groups in total. The Balaban J connectivity index is 1.62. The highest BCUT2D eigenvalue weighted by molar-refractivity contribution is 7.13. The molecule has 0 aliphatic carbocycles. The lowest BCUT2D eigenvalue weighted by Gasteiger charge is -2.15. The second-order valence-corrected chi connectivity index (χ2v) is 5.92. The summed E-state index contributed by atoms with van der Waals surface area (Å²) < 4.78 is 5.04. The van der Waals surface area contributed by atoms with Gasteiger partial charge in [-0.3, -0.25) is 4.79 Å². The zero-order valence-corrected chi connectivity index (χ0v) is 11.9. The molecule has 0 radical (unpaired) electrons. The Bertz CT molecular complexity index is 579. The third-order valence-corrected chi connectivity index (χ3v) is 4.56. The molecule has 3 heterocycles. The fraction of sp³-hybridized carbons (Fsp3) is 0.429. The highest BCUT2D eigenvalue weighted by Gasteiger charge is 2.25. The lowest BCUT2D eigenvalue weighted by molar-refractivity contribution is -0.129. The van der Waals surface area contributed by atoms with Gasteiger partial charge in [0.25, 0.3) is 0 Å². The number of hydrogen-bond donors (Lipinski definition) is 1. The van der Waals surface area contributed by atoms with Gasteiger partial charge in [0.1, 0.15) is 11.3 Å². The molecule has 0 bridgehead atoms. The van der Waals surface area contributed by atoms with Crippen LogP contribution in [0.25, 0.3) is 10.6 Å². The predicted octanol–water partition coefficient (Wildman–Crippen LogP) is 1.75. The van der Waals surface area contributed by atoms with Crippen LogP contribution in [-0.2, 0) is 11.2 Å². The van der Waals surface area contributed by atoms with Gasteiger partial charge in [0.15, 0.2) is 0 Å². The smallest absolute Gasteiger partial charge is 0.228 e. The first-order valence-corrected chi connectivity index (χ1v) is 7.59.